The molecule has 0 radical (unpaired) electrons. The molecule has 2 heteroatoms. The molecule has 0 aliphatic carbocycles. The van der Waals surface area contributed by atoms with Gasteiger partial charge in [0.15, 0.2) is 0 Å². The van der Waals surface area contributed by atoms with Crippen LogP contribution >= 0.6 is 0 Å². The summed E-state index contributed by atoms with van der Waals surface area (Å²) in [5.41, 5.74) is 10.4. The van der Waals surface area contributed by atoms with Crippen LogP contribution in [0.3, 0.4) is 0 Å². The predicted molar refractivity (Wildman–Crippen MR) is 77.4 cm³/mol. The summed E-state index contributed by atoms with van der Waals surface area (Å²) in [6.07, 6.45) is 0. The van der Waals surface area contributed by atoms with E-state index in [4.69, 9.17) is 5.73 Å². The number of nitrogen functional groups attached to an aromatic ring is 1. The standard InChI is InChI=1S/C17H14N.Rf/c1-12-9-16(18)11-15-10-14(7-8-17(12)15)13-5-3-2-4-6-13;/h3-11H,18H2,1H3;/q-1;. The Morgan fingerprint density at radius 2 is 1.63 bits per heavy atom. The van der Waals surface area contributed by atoms with Gasteiger partial charge in [0, 0.05) is 5.69 Å². The molecule has 0 atom stereocenters. The Hall–Kier alpha value is -3.28. The monoisotopic (exact) mass is 499 g/mol. The predicted octanol–water partition coefficient (Wildman–Crippen LogP) is 4.20. The van der Waals surface area contributed by atoms with Crippen LogP contribution in [-0.4, -0.2) is 0 Å². The van der Waals surface area contributed by atoms with Gasteiger partial charge in [-0.15, -0.1) is 5.56 Å². The van der Waals surface area contributed by atoms with Gasteiger partial charge in [-0.25, -0.2) is 0 Å². The summed E-state index contributed by atoms with van der Waals surface area (Å²) in [4.78, 5) is 0. The molecular weight excluding hydrogens is 485 g/mol. The number of benzene rings is 3. The zero-order chi connectivity index (χ0) is 12.5. The van der Waals surface area contributed by atoms with Crippen molar-refractivity contribution in [3.05, 3.63) is 66.2 Å². The van der Waals surface area contributed by atoms with E-state index in [1.54, 1.807) is 0 Å². The van der Waals surface area contributed by atoms with Crippen LogP contribution in [-0.2, 0) is 0 Å². The van der Waals surface area contributed by atoms with Crippen LogP contribution in [0, 0.1) is 13.0 Å². The second-order valence-electron chi connectivity index (χ2n) is 4.56. The Labute approximate surface area is 107 Å². The Morgan fingerprint density at radius 1 is 0.895 bits per heavy atom. The summed E-state index contributed by atoms with van der Waals surface area (Å²) in [7, 11) is 0. The van der Waals surface area contributed by atoms with E-state index < -0.39 is 0 Å². The minimum atomic E-state index is 0. The van der Waals surface area contributed by atoms with Crippen LogP contribution in [0.4, 0.5) is 5.69 Å². The third-order valence-corrected chi connectivity index (χ3v) is 3.23. The van der Waals surface area contributed by atoms with Gasteiger partial charge in [-0.2, -0.15) is 30.3 Å². The number of anilines is 1. The van der Waals surface area contributed by atoms with Crippen LogP contribution in [0.25, 0.3) is 21.9 Å². The third kappa shape index (κ3) is 2.09. The fraction of sp³-hybridized carbons (Fsp3) is 0.0588. The van der Waals surface area contributed by atoms with Crippen molar-refractivity contribution in [2.75, 3.05) is 5.73 Å². The van der Waals surface area contributed by atoms with Crippen LogP contribution in [0.1, 0.15) is 5.56 Å². The minimum Gasteiger partial charge on any atom is -0.399 e. The van der Waals surface area contributed by atoms with E-state index in [0.29, 0.717) is 0 Å². The summed E-state index contributed by atoms with van der Waals surface area (Å²) >= 11 is 0. The fourth-order valence-electron chi connectivity index (χ4n) is 2.35. The molecule has 0 heterocycles. The number of nitrogens with two attached hydrogens (primary N) is 1. The molecule has 0 amide bonds. The van der Waals surface area contributed by atoms with E-state index in [9.17, 15) is 0 Å². The molecule has 3 aromatic carbocycles. The van der Waals surface area contributed by atoms with Crippen molar-refractivity contribution >= 4 is 16.5 Å². The molecule has 0 aliphatic rings. The molecule has 3 aromatic rings. The van der Waals surface area contributed by atoms with Crippen molar-refractivity contribution in [2.24, 2.45) is 0 Å². The molecule has 0 unspecified atom stereocenters. The number of rotatable bonds is 1. The van der Waals surface area contributed by atoms with Gasteiger partial charge in [0.05, 0.1) is 0 Å². The van der Waals surface area contributed by atoms with E-state index in [1.165, 1.54) is 27.5 Å². The zero-order valence-electron chi connectivity index (χ0n) is 11.0. The Bertz CT molecular complexity index is 705. The van der Waals surface area contributed by atoms with E-state index in [1.807, 2.05) is 24.3 Å². The zero-order valence-corrected chi connectivity index (χ0v) is 17.4. The van der Waals surface area contributed by atoms with Crippen molar-refractivity contribution in [1.82, 2.24) is 0 Å². The Morgan fingerprint density at radius 3 is 2.37 bits per heavy atom. The van der Waals surface area contributed by atoms with E-state index in [0.717, 1.165) is 5.69 Å². The summed E-state index contributed by atoms with van der Waals surface area (Å²) in [5.74, 6) is 0. The van der Waals surface area contributed by atoms with E-state index >= 15 is 0 Å². The summed E-state index contributed by atoms with van der Waals surface area (Å²) in [5, 5.41) is 2.45. The molecule has 0 aliphatic heterocycles. The van der Waals surface area contributed by atoms with Crippen molar-refractivity contribution < 1.29 is 0 Å². The van der Waals surface area contributed by atoms with Crippen molar-refractivity contribution in [1.29, 1.82) is 0 Å². The largest absolute Gasteiger partial charge is 0.399 e. The second kappa shape index (κ2) is 4.53. The van der Waals surface area contributed by atoms with Crippen LogP contribution < -0.4 is 5.73 Å². The van der Waals surface area contributed by atoms with Gasteiger partial charge in [0.1, 0.15) is 0 Å². The first kappa shape index (κ1) is 12.2. The van der Waals surface area contributed by atoms with Crippen LogP contribution in [0.5, 0.6) is 0 Å². The third-order valence-electron chi connectivity index (χ3n) is 3.23. The normalized spacial score (nSPS) is 10.2. The molecule has 0 spiro atoms. The smallest absolute Gasteiger partial charge is 0.0323 e. The molecule has 3 rings (SSSR count). The number of hydrogen-bond donors (Lipinski definition) is 1. The number of fused-ring (bicyclic) bond motifs is 1. The molecule has 2 N–H and O–H groups in total. The van der Waals surface area contributed by atoms with Gasteiger partial charge >= 0.3 is 0 Å². The molecule has 1 nitrogen and oxygen atoms in total. The van der Waals surface area contributed by atoms with Gasteiger partial charge in [-0.1, -0.05) is 12.1 Å². The first-order chi connectivity index (χ1) is 8.74. The molecule has 19 heavy (non-hydrogen) atoms. The van der Waals surface area contributed by atoms with E-state index in [-0.39, 0.29) is 0 Å². The Kier molecular flexibility index (Phi) is 2.91. The maximum Gasteiger partial charge on any atom is 0.0323 e. The molecule has 90 valence electrons. The van der Waals surface area contributed by atoms with E-state index in [2.05, 4.69) is 43.3 Å². The molecule has 0 aromatic heterocycles. The van der Waals surface area contributed by atoms with Crippen LogP contribution in [0.2, 0.25) is 0 Å². The SMILES string of the molecule is Cc1cc(N)cc2cc(-c3cc[c-]cc3)ccc12.[Rf]. The van der Waals surface area contributed by atoms with Gasteiger partial charge in [0.2, 0.25) is 0 Å². The van der Waals surface area contributed by atoms with Gasteiger partial charge < -0.3 is 5.73 Å². The summed E-state index contributed by atoms with van der Waals surface area (Å²) in [6, 6.07) is 21.6. The first-order valence-corrected chi connectivity index (χ1v) is 6.00. The van der Waals surface area contributed by atoms with Gasteiger partial charge in [-0.05, 0) is 47.0 Å². The first-order valence-electron chi connectivity index (χ1n) is 6.00. The average molecular weight is 499 g/mol. The van der Waals surface area contributed by atoms with Crippen LogP contribution in [0.15, 0.2) is 54.6 Å². The summed E-state index contributed by atoms with van der Waals surface area (Å²) in [6.45, 7) is 2.09. The number of hydrogen-bond acceptors (Lipinski definition) is 1. The fourth-order valence-corrected chi connectivity index (χ4v) is 2.35. The van der Waals surface area contributed by atoms with Gasteiger partial charge in [0.25, 0.3) is 0 Å². The van der Waals surface area contributed by atoms with Crippen molar-refractivity contribution in [3.63, 3.8) is 0 Å². The maximum absolute atomic E-state index is 5.91. The molecule has 0 saturated carbocycles. The molecular formula is C17H14NRf-. The maximum atomic E-state index is 5.91. The van der Waals surface area contributed by atoms with Crippen molar-refractivity contribution in [3.8, 4) is 11.1 Å². The quantitative estimate of drug-likeness (QED) is 0.395. The average Bonchev–Trinajstić information content (AvgIpc) is 2.39. The summed E-state index contributed by atoms with van der Waals surface area (Å²) < 4.78 is 0. The molecule has 0 fully saturated rings. The minimum absolute atomic E-state index is 0. The van der Waals surface area contributed by atoms with Gasteiger partial charge in [-0.3, -0.25) is 0 Å². The molecule has 0 bridgehead atoms. The van der Waals surface area contributed by atoms with Crippen molar-refractivity contribution in [2.45, 2.75) is 6.92 Å². The molecule has 0 saturated heterocycles. The number of aryl methyl sites for hydroxylation is 1. The second-order valence-corrected chi connectivity index (χ2v) is 4.56. The topological polar surface area (TPSA) is 26.0 Å². The Balaban J connectivity index is 0.00000133.